The first-order valence-electron chi connectivity index (χ1n) is 5.96. The van der Waals surface area contributed by atoms with Crippen molar-refractivity contribution in [3.8, 4) is 5.75 Å². The number of aliphatic hydroxyl groups excluding tert-OH is 1. The van der Waals surface area contributed by atoms with E-state index in [9.17, 15) is 0 Å². The van der Waals surface area contributed by atoms with Crippen molar-refractivity contribution in [2.24, 2.45) is 0 Å². The summed E-state index contributed by atoms with van der Waals surface area (Å²) in [4.78, 5) is 0. The molecule has 0 heterocycles. The van der Waals surface area contributed by atoms with Crippen LogP contribution in [-0.2, 0) is 12.8 Å². The fourth-order valence-electron chi connectivity index (χ4n) is 2.08. The van der Waals surface area contributed by atoms with E-state index in [1.807, 2.05) is 0 Å². The minimum atomic E-state index is 0.179. The summed E-state index contributed by atoms with van der Waals surface area (Å²) in [5, 5.41) is 11.7. The van der Waals surface area contributed by atoms with Gasteiger partial charge in [0.05, 0.1) is 6.61 Å². The Hall–Kier alpha value is -1.06. The van der Waals surface area contributed by atoms with Gasteiger partial charge in [0.15, 0.2) is 0 Å². The zero-order chi connectivity index (χ0) is 11.2. The summed E-state index contributed by atoms with van der Waals surface area (Å²) in [6.45, 7) is 2.24. The highest BCUT2D eigenvalue weighted by Gasteiger charge is 2.10. The minimum Gasteiger partial charge on any atom is -0.492 e. The Balaban J connectivity index is 1.77. The van der Waals surface area contributed by atoms with E-state index in [2.05, 4.69) is 23.5 Å². The fourth-order valence-corrected chi connectivity index (χ4v) is 2.08. The van der Waals surface area contributed by atoms with Crippen molar-refractivity contribution in [3.63, 3.8) is 0 Å². The maximum atomic E-state index is 8.59. The van der Waals surface area contributed by atoms with Crippen LogP contribution in [0.3, 0.4) is 0 Å². The van der Waals surface area contributed by atoms with Crippen molar-refractivity contribution >= 4 is 0 Å². The van der Waals surface area contributed by atoms with Crippen molar-refractivity contribution < 1.29 is 9.84 Å². The number of benzene rings is 1. The van der Waals surface area contributed by atoms with Gasteiger partial charge in [0.2, 0.25) is 0 Å². The molecule has 3 nitrogen and oxygen atoms in total. The molecule has 0 amide bonds. The second-order valence-electron chi connectivity index (χ2n) is 4.11. The van der Waals surface area contributed by atoms with E-state index in [1.165, 1.54) is 30.4 Å². The summed E-state index contributed by atoms with van der Waals surface area (Å²) in [6.07, 6.45) is 3.68. The summed E-state index contributed by atoms with van der Waals surface area (Å²) >= 11 is 0. The molecule has 0 saturated heterocycles. The van der Waals surface area contributed by atoms with Crippen molar-refractivity contribution in [1.29, 1.82) is 0 Å². The predicted molar refractivity (Wildman–Crippen MR) is 63.9 cm³/mol. The SMILES string of the molecule is OCCNCCOc1ccc2c(c1)CCC2. The Morgan fingerprint density at radius 1 is 1.19 bits per heavy atom. The van der Waals surface area contributed by atoms with Gasteiger partial charge in [-0.2, -0.15) is 0 Å². The molecule has 0 bridgehead atoms. The van der Waals surface area contributed by atoms with E-state index in [1.54, 1.807) is 0 Å². The van der Waals surface area contributed by atoms with Crippen molar-refractivity contribution in [2.45, 2.75) is 19.3 Å². The average molecular weight is 221 g/mol. The molecule has 0 spiro atoms. The van der Waals surface area contributed by atoms with Crippen molar-refractivity contribution in [2.75, 3.05) is 26.3 Å². The van der Waals surface area contributed by atoms with Crippen LogP contribution < -0.4 is 10.1 Å². The van der Waals surface area contributed by atoms with Gasteiger partial charge in [-0.1, -0.05) is 6.07 Å². The average Bonchev–Trinajstić information content (AvgIpc) is 2.76. The first kappa shape index (κ1) is 11.4. The highest BCUT2D eigenvalue weighted by molar-refractivity contribution is 5.38. The van der Waals surface area contributed by atoms with Crippen LogP contribution in [0.5, 0.6) is 5.75 Å². The molecule has 1 aliphatic rings. The lowest BCUT2D eigenvalue weighted by molar-refractivity contribution is 0.276. The fraction of sp³-hybridized carbons (Fsp3) is 0.538. The maximum Gasteiger partial charge on any atom is 0.119 e. The first-order valence-corrected chi connectivity index (χ1v) is 5.96. The number of hydrogen-bond donors (Lipinski definition) is 2. The predicted octanol–water partition coefficient (Wildman–Crippen LogP) is 1.14. The lowest BCUT2D eigenvalue weighted by atomic mass is 10.1. The molecule has 0 aliphatic heterocycles. The highest BCUT2D eigenvalue weighted by Crippen LogP contribution is 2.25. The molecular weight excluding hydrogens is 202 g/mol. The van der Waals surface area contributed by atoms with E-state index in [0.29, 0.717) is 13.2 Å². The van der Waals surface area contributed by atoms with Gasteiger partial charge in [-0.25, -0.2) is 0 Å². The molecule has 2 rings (SSSR count). The van der Waals surface area contributed by atoms with Crippen LogP contribution >= 0.6 is 0 Å². The van der Waals surface area contributed by atoms with Gasteiger partial charge in [-0.15, -0.1) is 0 Å². The van der Waals surface area contributed by atoms with Gasteiger partial charge in [-0.3, -0.25) is 0 Å². The van der Waals surface area contributed by atoms with Gasteiger partial charge in [0.1, 0.15) is 12.4 Å². The molecule has 3 heteroatoms. The number of ether oxygens (including phenoxy) is 1. The van der Waals surface area contributed by atoms with Gasteiger partial charge in [-0.05, 0) is 42.5 Å². The summed E-state index contributed by atoms with van der Waals surface area (Å²) < 4.78 is 5.63. The van der Waals surface area contributed by atoms with E-state index in [0.717, 1.165) is 12.3 Å². The molecule has 88 valence electrons. The molecule has 1 aliphatic carbocycles. The molecule has 0 saturated carbocycles. The second-order valence-corrected chi connectivity index (χ2v) is 4.11. The molecule has 2 N–H and O–H groups in total. The third kappa shape index (κ3) is 2.97. The molecular formula is C13H19NO2. The number of hydrogen-bond acceptors (Lipinski definition) is 3. The van der Waals surface area contributed by atoms with Gasteiger partial charge >= 0.3 is 0 Å². The largest absolute Gasteiger partial charge is 0.492 e. The van der Waals surface area contributed by atoms with E-state index in [4.69, 9.17) is 9.84 Å². The monoisotopic (exact) mass is 221 g/mol. The third-order valence-corrected chi connectivity index (χ3v) is 2.91. The normalized spacial score (nSPS) is 13.8. The van der Waals surface area contributed by atoms with Crippen LogP contribution in [0, 0.1) is 0 Å². The number of fused-ring (bicyclic) bond motifs is 1. The highest BCUT2D eigenvalue weighted by atomic mass is 16.5. The summed E-state index contributed by atoms with van der Waals surface area (Å²) in [5.41, 5.74) is 2.92. The molecule has 0 fully saturated rings. The van der Waals surface area contributed by atoms with Gasteiger partial charge in [0.25, 0.3) is 0 Å². The smallest absolute Gasteiger partial charge is 0.119 e. The van der Waals surface area contributed by atoms with Crippen LogP contribution in [0.1, 0.15) is 17.5 Å². The number of rotatable bonds is 6. The number of aliphatic hydroxyl groups is 1. The lowest BCUT2D eigenvalue weighted by Gasteiger charge is -2.08. The van der Waals surface area contributed by atoms with E-state index in [-0.39, 0.29) is 6.61 Å². The van der Waals surface area contributed by atoms with Crippen molar-refractivity contribution in [1.82, 2.24) is 5.32 Å². The topological polar surface area (TPSA) is 41.5 Å². The molecule has 16 heavy (non-hydrogen) atoms. The summed E-state index contributed by atoms with van der Waals surface area (Å²) in [6, 6.07) is 6.39. The van der Waals surface area contributed by atoms with E-state index >= 15 is 0 Å². The summed E-state index contributed by atoms with van der Waals surface area (Å²) in [7, 11) is 0. The second kappa shape index (κ2) is 5.87. The zero-order valence-corrected chi connectivity index (χ0v) is 9.54. The Labute approximate surface area is 96.4 Å². The number of aryl methyl sites for hydroxylation is 2. The van der Waals surface area contributed by atoms with Gasteiger partial charge in [0, 0.05) is 13.1 Å². The van der Waals surface area contributed by atoms with Crippen LogP contribution in [0.25, 0.3) is 0 Å². The summed E-state index contributed by atoms with van der Waals surface area (Å²) in [5.74, 6) is 0.964. The Bertz CT molecular complexity index is 339. The van der Waals surface area contributed by atoms with Crippen LogP contribution in [-0.4, -0.2) is 31.4 Å². The van der Waals surface area contributed by atoms with Crippen molar-refractivity contribution in [3.05, 3.63) is 29.3 Å². The molecule has 0 atom stereocenters. The lowest BCUT2D eigenvalue weighted by Crippen LogP contribution is -2.23. The molecule has 0 aromatic heterocycles. The van der Waals surface area contributed by atoms with Gasteiger partial charge < -0.3 is 15.2 Å². The molecule has 0 radical (unpaired) electrons. The molecule has 0 unspecified atom stereocenters. The standard InChI is InChI=1S/C13H19NO2/c15-8-6-14-7-9-16-13-5-4-11-2-1-3-12(11)10-13/h4-5,10,14-15H,1-3,6-9H2. The quantitative estimate of drug-likeness (QED) is 0.708. The van der Waals surface area contributed by atoms with Crippen LogP contribution in [0.4, 0.5) is 0 Å². The zero-order valence-electron chi connectivity index (χ0n) is 9.54. The first-order chi connectivity index (χ1) is 7.90. The van der Waals surface area contributed by atoms with Crippen LogP contribution in [0.2, 0.25) is 0 Å². The molecule has 1 aromatic carbocycles. The Morgan fingerprint density at radius 2 is 2.06 bits per heavy atom. The third-order valence-electron chi connectivity index (χ3n) is 2.91. The Morgan fingerprint density at radius 3 is 2.94 bits per heavy atom. The maximum absolute atomic E-state index is 8.59. The minimum absolute atomic E-state index is 0.179. The Kier molecular flexibility index (Phi) is 4.19. The molecule has 1 aromatic rings. The van der Waals surface area contributed by atoms with Crippen LogP contribution in [0.15, 0.2) is 18.2 Å². The van der Waals surface area contributed by atoms with E-state index < -0.39 is 0 Å². The number of nitrogens with one attached hydrogen (secondary N) is 1.